The number of amides is 2. The van der Waals surface area contributed by atoms with Crippen LogP contribution in [0.5, 0.6) is 0 Å². The standard InChI is InChI=1S/C25H28N4O3/c30-22(14-4-10-18-8-2-1-3-9-18)28-16-7-12-20(28)25(31)29-17-6-11-19(29)24-27-23-21(32-24)13-5-15-26-23/h1-3,5,8-9,13,15,19-20H,4,6-7,10-12,14,16-17H2/t19-,20-/m0/s1. The summed E-state index contributed by atoms with van der Waals surface area (Å²) < 4.78 is 5.92. The van der Waals surface area contributed by atoms with E-state index in [0.29, 0.717) is 36.6 Å². The minimum absolute atomic E-state index is 0.0247. The zero-order chi connectivity index (χ0) is 21.9. The van der Waals surface area contributed by atoms with Gasteiger partial charge in [-0.25, -0.2) is 4.98 Å². The number of hydrogen-bond donors (Lipinski definition) is 0. The van der Waals surface area contributed by atoms with Crippen LogP contribution < -0.4 is 0 Å². The Kier molecular flexibility index (Phi) is 5.88. The van der Waals surface area contributed by atoms with Gasteiger partial charge in [0.15, 0.2) is 11.2 Å². The molecule has 2 fully saturated rings. The summed E-state index contributed by atoms with van der Waals surface area (Å²) in [7, 11) is 0. The quantitative estimate of drug-likeness (QED) is 0.590. The largest absolute Gasteiger partial charge is 0.437 e. The van der Waals surface area contributed by atoms with Crippen LogP contribution in [-0.2, 0) is 16.0 Å². The van der Waals surface area contributed by atoms with Crippen molar-refractivity contribution in [3.8, 4) is 0 Å². The molecule has 2 aliphatic heterocycles. The second kappa shape index (κ2) is 9.10. The molecule has 2 amide bonds. The van der Waals surface area contributed by atoms with Gasteiger partial charge >= 0.3 is 0 Å². The van der Waals surface area contributed by atoms with E-state index in [2.05, 4.69) is 22.1 Å². The van der Waals surface area contributed by atoms with Crippen LogP contribution in [0, 0.1) is 0 Å². The molecule has 2 saturated heterocycles. The maximum Gasteiger partial charge on any atom is 0.246 e. The number of fused-ring (bicyclic) bond motifs is 1. The minimum Gasteiger partial charge on any atom is -0.437 e. The second-order valence-corrected chi connectivity index (χ2v) is 8.65. The van der Waals surface area contributed by atoms with Crippen molar-refractivity contribution in [1.82, 2.24) is 19.8 Å². The topological polar surface area (TPSA) is 79.5 Å². The number of carbonyl (C=O) groups is 2. The van der Waals surface area contributed by atoms with Crippen molar-refractivity contribution in [2.24, 2.45) is 0 Å². The molecule has 7 heteroatoms. The molecule has 0 aliphatic carbocycles. The molecule has 2 aromatic heterocycles. The Bertz CT molecular complexity index is 1060. The first-order valence-corrected chi connectivity index (χ1v) is 11.6. The average molecular weight is 433 g/mol. The molecule has 5 rings (SSSR count). The van der Waals surface area contributed by atoms with Gasteiger partial charge in [0, 0.05) is 25.7 Å². The maximum absolute atomic E-state index is 13.5. The summed E-state index contributed by atoms with van der Waals surface area (Å²) in [6.07, 6.45) is 7.14. The molecule has 0 unspecified atom stereocenters. The number of hydrogen-bond acceptors (Lipinski definition) is 5. The lowest BCUT2D eigenvalue weighted by Gasteiger charge is -2.30. The van der Waals surface area contributed by atoms with Gasteiger partial charge in [0.2, 0.25) is 17.7 Å². The van der Waals surface area contributed by atoms with Crippen molar-refractivity contribution in [3.63, 3.8) is 0 Å². The summed E-state index contributed by atoms with van der Waals surface area (Å²) in [5, 5.41) is 0. The van der Waals surface area contributed by atoms with E-state index in [-0.39, 0.29) is 23.9 Å². The van der Waals surface area contributed by atoms with Crippen LogP contribution in [0.1, 0.15) is 56.0 Å². The summed E-state index contributed by atoms with van der Waals surface area (Å²) in [5.74, 6) is 0.651. The predicted molar refractivity (Wildman–Crippen MR) is 120 cm³/mol. The first-order valence-electron chi connectivity index (χ1n) is 11.6. The van der Waals surface area contributed by atoms with Gasteiger partial charge in [-0.3, -0.25) is 9.59 Å². The molecule has 0 radical (unpaired) electrons. The van der Waals surface area contributed by atoms with Crippen molar-refractivity contribution in [3.05, 3.63) is 60.1 Å². The highest BCUT2D eigenvalue weighted by atomic mass is 16.4. The number of likely N-dealkylation sites (tertiary alicyclic amines) is 2. The Morgan fingerprint density at radius 3 is 2.66 bits per heavy atom. The van der Waals surface area contributed by atoms with Crippen molar-refractivity contribution < 1.29 is 14.0 Å². The molecule has 32 heavy (non-hydrogen) atoms. The van der Waals surface area contributed by atoms with Crippen molar-refractivity contribution in [1.29, 1.82) is 0 Å². The Morgan fingerprint density at radius 2 is 1.81 bits per heavy atom. The predicted octanol–water partition coefficient (Wildman–Crippen LogP) is 3.90. The Morgan fingerprint density at radius 1 is 1.00 bits per heavy atom. The summed E-state index contributed by atoms with van der Waals surface area (Å²) in [6, 6.07) is 13.3. The number of nitrogens with zero attached hydrogens (tertiary/aromatic N) is 4. The van der Waals surface area contributed by atoms with Crippen LogP contribution in [-0.4, -0.2) is 50.7 Å². The monoisotopic (exact) mass is 432 g/mol. The molecule has 7 nitrogen and oxygen atoms in total. The number of oxazole rings is 1. The number of rotatable bonds is 6. The fraction of sp³-hybridized carbons (Fsp3) is 0.440. The molecule has 2 atom stereocenters. The first kappa shape index (κ1) is 20.7. The van der Waals surface area contributed by atoms with Crippen LogP contribution in [0.2, 0.25) is 0 Å². The smallest absolute Gasteiger partial charge is 0.246 e. The van der Waals surface area contributed by atoms with Crippen LogP contribution in [0.3, 0.4) is 0 Å². The number of benzene rings is 1. The molecule has 1 aromatic carbocycles. The lowest BCUT2D eigenvalue weighted by molar-refractivity contribution is -0.144. The molecule has 0 N–H and O–H groups in total. The molecule has 4 heterocycles. The Balaban J connectivity index is 1.24. The lowest BCUT2D eigenvalue weighted by Crippen LogP contribution is -2.47. The van der Waals surface area contributed by atoms with E-state index in [1.165, 1.54) is 5.56 Å². The Hall–Kier alpha value is -3.22. The zero-order valence-corrected chi connectivity index (χ0v) is 18.2. The maximum atomic E-state index is 13.5. The third-order valence-corrected chi connectivity index (χ3v) is 6.56. The molecular formula is C25H28N4O3. The van der Waals surface area contributed by atoms with Crippen LogP contribution in [0.4, 0.5) is 0 Å². The van der Waals surface area contributed by atoms with E-state index < -0.39 is 0 Å². The fourth-order valence-corrected chi connectivity index (χ4v) is 4.96. The molecule has 3 aromatic rings. The van der Waals surface area contributed by atoms with Crippen molar-refractivity contribution >= 4 is 23.0 Å². The number of aryl methyl sites for hydroxylation is 1. The third-order valence-electron chi connectivity index (χ3n) is 6.56. The van der Waals surface area contributed by atoms with Gasteiger partial charge in [0.25, 0.3) is 0 Å². The van der Waals surface area contributed by atoms with Gasteiger partial charge < -0.3 is 14.2 Å². The average Bonchev–Trinajstić information content (AvgIpc) is 3.58. The molecule has 0 bridgehead atoms. The normalized spacial score (nSPS) is 20.9. The van der Waals surface area contributed by atoms with Gasteiger partial charge in [0.1, 0.15) is 12.1 Å². The molecule has 2 aliphatic rings. The molecule has 0 spiro atoms. The van der Waals surface area contributed by atoms with Gasteiger partial charge in [0.05, 0.1) is 0 Å². The molecule has 0 saturated carbocycles. The third kappa shape index (κ3) is 4.11. The van der Waals surface area contributed by atoms with Gasteiger partial charge in [-0.2, -0.15) is 4.98 Å². The first-order chi connectivity index (χ1) is 15.7. The Labute approximate surface area is 187 Å². The zero-order valence-electron chi connectivity index (χ0n) is 18.2. The summed E-state index contributed by atoms with van der Waals surface area (Å²) in [4.78, 5) is 38.9. The van der Waals surface area contributed by atoms with Gasteiger partial charge in [-0.15, -0.1) is 0 Å². The highest BCUT2D eigenvalue weighted by molar-refractivity contribution is 5.88. The second-order valence-electron chi connectivity index (χ2n) is 8.65. The minimum atomic E-state index is -0.373. The SMILES string of the molecule is O=C(CCCc1ccccc1)N1CCC[C@H]1C(=O)N1CCC[C@H]1c1nc2ncccc2o1. The highest BCUT2D eigenvalue weighted by Crippen LogP contribution is 2.35. The van der Waals surface area contributed by atoms with Gasteiger partial charge in [-0.05, 0) is 56.2 Å². The number of aromatic nitrogens is 2. The van der Waals surface area contributed by atoms with Crippen molar-refractivity contribution in [2.45, 2.75) is 57.0 Å². The van der Waals surface area contributed by atoms with Crippen LogP contribution in [0.25, 0.3) is 11.2 Å². The van der Waals surface area contributed by atoms with E-state index in [4.69, 9.17) is 4.42 Å². The lowest BCUT2D eigenvalue weighted by atomic mass is 10.1. The highest BCUT2D eigenvalue weighted by Gasteiger charge is 2.41. The summed E-state index contributed by atoms with van der Waals surface area (Å²) >= 11 is 0. The van der Waals surface area contributed by atoms with Gasteiger partial charge in [-0.1, -0.05) is 30.3 Å². The summed E-state index contributed by atoms with van der Waals surface area (Å²) in [5.41, 5.74) is 2.44. The van der Waals surface area contributed by atoms with Crippen LogP contribution in [0.15, 0.2) is 53.1 Å². The van der Waals surface area contributed by atoms with E-state index in [1.807, 2.05) is 35.2 Å². The van der Waals surface area contributed by atoms with E-state index in [0.717, 1.165) is 38.5 Å². The van der Waals surface area contributed by atoms with Crippen molar-refractivity contribution in [2.75, 3.05) is 13.1 Å². The van der Waals surface area contributed by atoms with Crippen LogP contribution >= 0.6 is 0 Å². The molecule has 166 valence electrons. The van der Waals surface area contributed by atoms with E-state index in [1.54, 1.807) is 11.1 Å². The number of pyridine rings is 1. The fourth-order valence-electron chi connectivity index (χ4n) is 4.96. The van der Waals surface area contributed by atoms with E-state index in [9.17, 15) is 9.59 Å². The molecular weight excluding hydrogens is 404 g/mol. The number of carbonyl (C=O) groups excluding carboxylic acids is 2. The summed E-state index contributed by atoms with van der Waals surface area (Å²) in [6.45, 7) is 1.33. The van der Waals surface area contributed by atoms with E-state index >= 15 is 0 Å².